The van der Waals surface area contributed by atoms with Gasteiger partial charge in [0.05, 0.1) is 0 Å². The molecule has 3 nitrogen and oxygen atoms in total. The van der Waals surface area contributed by atoms with Gasteiger partial charge < -0.3 is 16.6 Å². The molecule has 0 aliphatic carbocycles. The average Bonchev–Trinajstić information content (AvgIpc) is 2.53. The Hall–Kier alpha value is -2.26. The van der Waals surface area contributed by atoms with Crippen molar-refractivity contribution in [3.05, 3.63) is 71.8 Å². The van der Waals surface area contributed by atoms with Crippen LogP contribution in [0.1, 0.15) is 38.8 Å². The zero-order chi connectivity index (χ0) is 18.6. The first-order chi connectivity index (χ1) is 11.3. The third-order valence-corrected chi connectivity index (χ3v) is 3.03. The van der Waals surface area contributed by atoms with Crippen molar-refractivity contribution >= 4 is 11.4 Å². The summed E-state index contributed by atoms with van der Waals surface area (Å²) >= 11 is 0. The minimum atomic E-state index is 0.370. The van der Waals surface area contributed by atoms with Crippen molar-refractivity contribution in [2.45, 2.75) is 34.1 Å². The molecule has 0 amide bonds. The molecule has 0 bridgehead atoms. The van der Waals surface area contributed by atoms with Gasteiger partial charge >= 0.3 is 0 Å². The van der Waals surface area contributed by atoms with Crippen molar-refractivity contribution in [3.8, 4) is 0 Å². The predicted molar refractivity (Wildman–Crippen MR) is 107 cm³/mol. The second kappa shape index (κ2) is 11.3. The van der Waals surface area contributed by atoms with Crippen molar-refractivity contribution in [3.63, 3.8) is 0 Å². The van der Waals surface area contributed by atoms with E-state index in [9.17, 15) is 0 Å². The summed E-state index contributed by atoms with van der Waals surface area (Å²) in [5.41, 5.74) is 15.7. The highest BCUT2D eigenvalue weighted by atomic mass is 16.2. The molecular weight excluding hydrogens is 296 g/mol. The van der Waals surface area contributed by atoms with Gasteiger partial charge in [0, 0.05) is 18.5 Å². The maximum absolute atomic E-state index is 7.00. The topological polar surface area (TPSA) is 72.3 Å². The van der Waals surface area contributed by atoms with E-state index in [1.807, 2.05) is 55.5 Å². The van der Waals surface area contributed by atoms with Crippen LogP contribution in [-0.4, -0.2) is 12.2 Å². The lowest BCUT2D eigenvalue weighted by molar-refractivity contribution is 0.399. The van der Waals surface area contributed by atoms with Gasteiger partial charge in [-0.2, -0.15) is 0 Å². The number of benzene rings is 2. The molecule has 0 fully saturated rings. The van der Waals surface area contributed by atoms with Gasteiger partial charge in [0.1, 0.15) is 0 Å². The van der Waals surface area contributed by atoms with Crippen LogP contribution in [0.4, 0.5) is 11.4 Å². The number of aliphatic hydroxyl groups is 1. The molecule has 5 N–H and O–H groups in total. The summed E-state index contributed by atoms with van der Waals surface area (Å²) in [5.74, 6) is 0. The van der Waals surface area contributed by atoms with Gasteiger partial charge in [-0.3, -0.25) is 0 Å². The van der Waals surface area contributed by atoms with E-state index in [1.165, 1.54) is 11.1 Å². The highest BCUT2D eigenvalue weighted by molar-refractivity contribution is 5.43. The molecule has 24 heavy (non-hydrogen) atoms. The summed E-state index contributed by atoms with van der Waals surface area (Å²) in [7, 11) is 1.00. The molecule has 3 heteroatoms. The van der Waals surface area contributed by atoms with E-state index in [1.54, 1.807) is 0 Å². The molecule has 0 aliphatic rings. The first kappa shape index (κ1) is 21.7. The van der Waals surface area contributed by atoms with Crippen molar-refractivity contribution in [2.24, 2.45) is 5.41 Å². The van der Waals surface area contributed by atoms with Crippen LogP contribution in [0.3, 0.4) is 0 Å². The van der Waals surface area contributed by atoms with E-state index in [4.69, 9.17) is 16.6 Å². The third-order valence-electron chi connectivity index (χ3n) is 3.03. The summed E-state index contributed by atoms with van der Waals surface area (Å²) < 4.78 is 0. The SMILES string of the molecule is CC=CC(C)(C)C.CO.Nc1ccc(Cc2ccc(N)cc2)cc1. The Kier molecular flexibility index (Phi) is 10.2. The fraction of sp³-hybridized carbons (Fsp3) is 0.333. The van der Waals surface area contributed by atoms with Crippen molar-refractivity contribution in [1.29, 1.82) is 0 Å². The Balaban J connectivity index is 0.000000501. The van der Waals surface area contributed by atoms with Crippen LogP contribution >= 0.6 is 0 Å². The number of allylic oxidation sites excluding steroid dienone is 2. The summed E-state index contributed by atoms with van der Waals surface area (Å²) in [6.45, 7) is 8.61. The Morgan fingerprint density at radius 2 is 1.12 bits per heavy atom. The first-order valence-corrected chi connectivity index (χ1v) is 8.07. The Morgan fingerprint density at radius 3 is 1.33 bits per heavy atom. The summed E-state index contributed by atoms with van der Waals surface area (Å²) in [4.78, 5) is 0. The van der Waals surface area contributed by atoms with Gasteiger partial charge in [0.25, 0.3) is 0 Å². The summed E-state index contributed by atoms with van der Waals surface area (Å²) in [6.07, 6.45) is 5.19. The number of rotatable bonds is 2. The van der Waals surface area contributed by atoms with Gasteiger partial charge in [0.15, 0.2) is 0 Å². The lowest BCUT2D eigenvalue weighted by Crippen LogP contribution is -1.97. The molecule has 0 unspecified atom stereocenters. The monoisotopic (exact) mass is 328 g/mol. The molecule has 2 rings (SSSR count). The van der Waals surface area contributed by atoms with Gasteiger partial charge in [-0.15, -0.1) is 0 Å². The fourth-order valence-corrected chi connectivity index (χ4v) is 2.01. The molecule has 0 saturated heterocycles. The summed E-state index contributed by atoms with van der Waals surface area (Å²) in [6, 6.07) is 15.9. The van der Waals surface area contributed by atoms with E-state index in [0.29, 0.717) is 5.41 Å². The number of nitrogens with two attached hydrogens (primary N) is 2. The maximum atomic E-state index is 7.00. The molecule has 2 aromatic rings. The van der Waals surface area contributed by atoms with E-state index >= 15 is 0 Å². The molecular formula is C21H32N2O. The van der Waals surface area contributed by atoms with E-state index in [-0.39, 0.29) is 0 Å². The molecule has 0 aliphatic heterocycles. The smallest absolute Gasteiger partial charge is 0.0319 e. The molecule has 0 spiro atoms. The number of anilines is 2. The van der Waals surface area contributed by atoms with Crippen LogP contribution in [0.25, 0.3) is 0 Å². The van der Waals surface area contributed by atoms with Crippen LogP contribution < -0.4 is 11.5 Å². The minimum absolute atomic E-state index is 0.370. The van der Waals surface area contributed by atoms with E-state index in [0.717, 1.165) is 24.9 Å². The third kappa shape index (κ3) is 10.5. The molecule has 0 saturated carbocycles. The van der Waals surface area contributed by atoms with Crippen LogP contribution in [0, 0.1) is 5.41 Å². The molecule has 0 radical (unpaired) electrons. The maximum Gasteiger partial charge on any atom is 0.0319 e. The van der Waals surface area contributed by atoms with Crippen molar-refractivity contribution < 1.29 is 5.11 Å². The van der Waals surface area contributed by atoms with Crippen LogP contribution in [-0.2, 0) is 6.42 Å². The van der Waals surface area contributed by atoms with Gasteiger partial charge in [0.2, 0.25) is 0 Å². The highest BCUT2D eigenvalue weighted by Gasteiger charge is 2.01. The van der Waals surface area contributed by atoms with Crippen molar-refractivity contribution in [2.75, 3.05) is 18.6 Å². The zero-order valence-corrected chi connectivity index (χ0v) is 15.6. The van der Waals surface area contributed by atoms with Crippen LogP contribution in [0.2, 0.25) is 0 Å². The number of aliphatic hydroxyl groups excluding tert-OH is 1. The van der Waals surface area contributed by atoms with Gasteiger partial charge in [-0.1, -0.05) is 57.2 Å². The van der Waals surface area contributed by atoms with Gasteiger partial charge in [-0.05, 0) is 54.2 Å². The van der Waals surface area contributed by atoms with E-state index in [2.05, 4.69) is 32.9 Å². The van der Waals surface area contributed by atoms with Crippen LogP contribution in [0.5, 0.6) is 0 Å². The lowest BCUT2D eigenvalue weighted by Gasteiger charge is -2.09. The second-order valence-corrected chi connectivity index (χ2v) is 6.53. The molecule has 0 aromatic heterocycles. The first-order valence-electron chi connectivity index (χ1n) is 8.07. The molecule has 0 atom stereocenters. The Labute approximate surface area is 147 Å². The summed E-state index contributed by atoms with van der Waals surface area (Å²) in [5, 5.41) is 7.00. The van der Waals surface area contributed by atoms with Crippen LogP contribution in [0.15, 0.2) is 60.7 Å². The second-order valence-electron chi connectivity index (χ2n) is 6.53. The van der Waals surface area contributed by atoms with Gasteiger partial charge in [-0.25, -0.2) is 0 Å². The fourth-order valence-electron chi connectivity index (χ4n) is 2.01. The zero-order valence-electron chi connectivity index (χ0n) is 15.6. The standard InChI is InChI=1S/C13H14N2.C7H14.CH4O/c14-12-5-1-10(2-6-12)9-11-3-7-13(15)8-4-11;1-5-6-7(2,3)4;1-2/h1-8H,9,14-15H2;5-6H,1-4H3;2H,1H3. The normalized spacial score (nSPS) is 10.4. The molecule has 0 heterocycles. The average molecular weight is 329 g/mol. The van der Waals surface area contributed by atoms with E-state index < -0.39 is 0 Å². The minimum Gasteiger partial charge on any atom is -0.400 e. The van der Waals surface area contributed by atoms with Crippen molar-refractivity contribution in [1.82, 2.24) is 0 Å². The highest BCUT2D eigenvalue weighted by Crippen LogP contribution is 2.14. The quantitative estimate of drug-likeness (QED) is 0.554. The number of hydrogen-bond donors (Lipinski definition) is 3. The molecule has 2 aromatic carbocycles. The lowest BCUT2D eigenvalue weighted by atomic mass is 9.97. The predicted octanol–water partition coefficient (Wildman–Crippen LogP) is 4.66. The largest absolute Gasteiger partial charge is 0.400 e. The molecule has 132 valence electrons. The Bertz CT molecular complexity index is 535. The number of nitrogen functional groups attached to an aromatic ring is 2. The number of hydrogen-bond acceptors (Lipinski definition) is 3. The Morgan fingerprint density at radius 1 is 0.792 bits per heavy atom.